The number of hydrogen-bond donors (Lipinski definition) is 1. The van der Waals surface area contributed by atoms with Crippen LogP contribution in [0, 0.1) is 5.92 Å². The molecule has 0 radical (unpaired) electrons. The average Bonchev–Trinajstić information content (AvgIpc) is 2.46. The zero-order valence-electron chi connectivity index (χ0n) is 13.9. The number of guanidine groups is 1. The van der Waals surface area contributed by atoms with Crippen molar-refractivity contribution in [1.82, 2.24) is 10.2 Å². The first-order valence-corrected chi connectivity index (χ1v) is 8.88. The molecular weight excluding hydrogens is 397 g/mol. The molecule has 1 unspecified atom stereocenters. The van der Waals surface area contributed by atoms with Crippen LogP contribution in [0.2, 0.25) is 0 Å². The lowest BCUT2D eigenvalue weighted by Gasteiger charge is -2.36. The molecule has 1 saturated heterocycles. The van der Waals surface area contributed by atoms with Crippen LogP contribution >= 0.6 is 35.7 Å². The first-order valence-electron chi connectivity index (χ1n) is 7.84. The molecule has 1 N–H and O–H groups in total. The second-order valence-corrected chi connectivity index (χ2v) is 6.82. The number of hydrogen-bond acceptors (Lipinski definition) is 3. The summed E-state index contributed by atoms with van der Waals surface area (Å²) < 4.78 is 5.35. The second kappa shape index (κ2) is 12.8. The lowest BCUT2D eigenvalue weighted by Crippen LogP contribution is -2.49. The Labute approximate surface area is 151 Å². The first-order chi connectivity index (χ1) is 9.69. The minimum atomic E-state index is 0. The van der Waals surface area contributed by atoms with E-state index in [1.165, 1.54) is 5.75 Å². The molecule has 0 amide bonds. The second-order valence-electron chi connectivity index (χ2n) is 5.48. The predicted molar refractivity (Wildman–Crippen MR) is 105 cm³/mol. The Morgan fingerprint density at radius 1 is 1.43 bits per heavy atom. The Balaban J connectivity index is 0.00000400. The summed E-state index contributed by atoms with van der Waals surface area (Å²) in [5.41, 5.74) is 0. The van der Waals surface area contributed by atoms with Crippen LogP contribution in [0.3, 0.4) is 0 Å². The normalized spacial score (nSPS) is 19.6. The van der Waals surface area contributed by atoms with Gasteiger partial charge in [0, 0.05) is 50.9 Å². The third kappa shape index (κ3) is 8.50. The van der Waals surface area contributed by atoms with Crippen molar-refractivity contribution in [2.24, 2.45) is 10.9 Å². The monoisotopic (exact) mass is 429 g/mol. The summed E-state index contributed by atoms with van der Waals surface area (Å²) >= 11 is 2.10. The van der Waals surface area contributed by atoms with Crippen LogP contribution in [-0.4, -0.2) is 61.8 Å². The lowest BCUT2D eigenvalue weighted by molar-refractivity contribution is 0.143. The summed E-state index contributed by atoms with van der Waals surface area (Å²) in [5.74, 6) is 2.99. The minimum Gasteiger partial charge on any atom is -0.382 e. The summed E-state index contributed by atoms with van der Waals surface area (Å²) in [6.45, 7) is 11.5. The molecule has 0 spiro atoms. The fraction of sp³-hybridized carbons (Fsp3) is 0.933. The van der Waals surface area contributed by atoms with Crippen LogP contribution in [0.25, 0.3) is 0 Å². The molecule has 0 aromatic carbocycles. The fourth-order valence-corrected chi connectivity index (χ4v) is 3.58. The average molecular weight is 429 g/mol. The molecule has 0 aromatic heterocycles. The molecule has 126 valence electrons. The minimum absolute atomic E-state index is 0. The summed E-state index contributed by atoms with van der Waals surface area (Å²) in [5, 5.41) is 4.21. The van der Waals surface area contributed by atoms with Crippen molar-refractivity contribution in [2.75, 3.05) is 45.6 Å². The van der Waals surface area contributed by atoms with E-state index in [9.17, 15) is 0 Å². The summed E-state index contributed by atoms with van der Waals surface area (Å²) in [7, 11) is 1.88. The molecule has 0 aromatic rings. The Morgan fingerprint density at radius 2 is 2.19 bits per heavy atom. The molecule has 1 fully saturated rings. The van der Waals surface area contributed by atoms with Crippen LogP contribution in [-0.2, 0) is 4.74 Å². The number of aliphatic imine (C=N–C) groups is 1. The summed E-state index contributed by atoms with van der Waals surface area (Å²) in [6, 6.07) is 0. The van der Waals surface area contributed by atoms with Gasteiger partial charge in [0.2, 0.25) is 0 Å². The third-order valence-electron chi connectivity index (χ3n) is 3.55. The number of thioether (sulfide) groups is 1. The molecule has 1 aliphatic heterocycles. The van der Waals surface area contributed by atoms with Crippen LogP contribution in [0.15, 0.2) is 4.99 Å². The molecule has 1 heterocycles. The van der Waals surface area contributed by atoms with Gasteiger partial charge in [0.05, 0.1) is 0 Å². The summed E-state index contributed by atoms with van der Waals surface area (Å²) in [6.07, 6.45) is 2.25. The zero-order chi connectivity index (χ0) is 14.8. The van der Waals surface area contributed by atoms with Gasteiger partial charge in [-0.1, -0.05) is 13.8 Å². The zero-order valence-corrected chi connectivity index (χ0v) is 17.1. The van der Waals surface area contributed by atoms with E-state index >= 15 is 0 Å². The predicted octanol–water partition coefficient (Wildman–Crippen LogP) is 3.07. The van der Waals surface area contributed by atoms with E-state index in [1.807, 2.05) is 14.0 Å². The Morgan fingerprint density at radius 3 is 2.81 bits per heavy atom. The van der Waals surface area contributed by atoms with E-state index < -0.39 is 0 Å². The van der Waals surface area contributed by atoms with Gasteiger partial charge in [-0.05, 0) is 25.7 Å². The molecule has 0 aliphatic carbocycles. The maximum Gasteiger partial charge on any atom is 0.193 e. The van der Waals surface area contributed by atoms with Gasteiger partial charge < -0.3 is 15.0 Å². The van der Waals surface area contributed by atoms with E-state index in [1.54, 1.807) is 0 Å². The highest BCUT2D eigenvalue weighted by molar-refractivity contribution is 14.0. The molecule has 1 aliphatic rings. The van der Waals surface area contributed by atoms with Gasteiger partial charge in [-0.2, -0.15) is 11.8 Å². The van der Waals surface area contributed by atoms with Crippen molar-refractivity contribution in [3.05, 3.63) is 0 Å². The van der Waals surface area contributed by atoms with Gasteiger partial charge in [-0.15, -0.1) is 24.0 Å². The molecule has 1 rings (SSSR count). The number of halogens is 1. The van der Waals surface area contributed by atoms with Crippen molar-refractivity contribution in [2.45, 2.75) is 38.9 Å². The van der Waals surface area contributed by atoms with E-state index in [-0.39, 0.29) is 24.0 Å². The Kier molecular flexibility index (Phi) is 13.0. The Hall–Kier alpha value is 0.310. The van der Waals surface area contributed by atoms with Crippen LogP contribution in [0.4, 0.5) is 0 Å². The van der Waals surface area contributed by atoms with E-state index in [4.69, 9.17) is 4.74 Å². The first kappa shape index (κ1) is 21.3. The van der Waals surface area contributed by atoms with Crippen molar-refractivity contribution in [3.8, 4) is 0 Å². The number of unbranched alkanes of at least 4 members (excludes halogenated alkanes) is 1. The van der Waals surface area contributed by atoms with Gasteiger partial charge in [-0.3, -0.25) is 4.99 Å². The van der Waals surface area contributed by atoms with Crippen molar-refractivity contribution in [3.63, 3.8) is 0 Å². The quantitative estimate of drug-likeness (QED) is 0.292. The highest BCUT2D eigenvalue weighted by Gasteiger charge is 2.24. The van der Waals surface area contributed by atoms with Gasteiger partial charge in [0.15, 0.2) is 5.96 Å². The number of rotatable bonds is 7. The number of nitrogens with zero attached hydrogens (tertiary/aromatic N) is 2. The van der Waals surface area contributed by atoms with Crippen molar-refractivity contribution >= 4 is 41.7 Å². The largest absolute Gasteiger partial charge is 0.382 e. The van der Waals surface area contributed by atoms with Gasteiger partial charge in [0.1, 0.15) is 0 Å². The maximum absolute atomic E-state index is 5.35. The van der Waals surface area contributed by atoms with Gasteiger partial charge in [0.25, 0.3) is 0 Å². The molecule has 0 saturated carbocycles. The molecule has 6 heteroatoms. The van der Waals surface area contributed by atoms with Crippen molar-refractivity contribution in [1.29, 1.82) is 0 Å². The van der Waals surface area contributed by atoms with Crippen LogP contribution < -0.4 is 5.32 Å². The van der Waals surface area contributed by atoms with Gasteiger partial charge >= 0.3 is 0 Å². The molecule has 4 nitrogen and oxygen atoms in total. The number of ether oxygens (including phenoxy) is 1. The Bertz CT molecular complexity index is 290. The molecular formula is C15H32IN3OS. The molecule has 1 atom stereocenters. The molecule has 0 bridgehead atoms. The lowest BCUT2D eigenvalue weighted by atomic mass is 10.1. The van der Waals surface area contributed by atoms with Crippen LogP contribution in [0.5, 0.6) is 0 Å². The van der Waals surface area contributed by atoms with E-state index in [2.05, 4.69) is 40.8 Å². The van der Waals surface area contributed by atoms with Gasteiger partial charge in [-0.25, -0.2) is 0 Å². The third-order valence-corrected chi connectivity index (χ3v) is 5.09. The smallest absolute Gasteiger partial charge is 0.193 e. The van der Waals surface area contributed by atoms with E-state index in [0.717, 1.165) is 62.8 Å². The topological polar surface area (TPSA) is 36.9 Å². The maximum atomic E-state index is 5.35. The highest BCUT2D eigenvalue weighted by Crippen LogP contribution is 2.24. The highest BCUT2D eigenvalue weighted by atomic mass is 127. The SMILES string of the molecule is CCOCCCCNC(=NC)N1CCSC(C(C)C)C1.I. The van der Waals surface area contributed by atoms with Crippen molar-refractivity contribution < 1.29 is 4.74 Å². The molecule has 21 heavy (non-hydrogen) atoms. The number of nitrogens with one attached hydrogen (secondary N) is 1. The van der Waals surface area contributed by atoms with E-state index in [0.29, 0.717) is 0 Å². The summed E-state index contributed by atoms with van der Waals surface area (Å²) in [4.78, 5) is 6.84. The standard InChI is InChI=1S/C15H31N3OS.HI/c1-5-19-10-7-6-8-17-15(16-4)18-9-11-20-14(12-18)13(2)3;/h13-14H,5-12H2,1-4H3,(H,16,17);1H. The van der Waals surface area contributed by atoms with Crippen LogP contribution in [0.1, 0.15) is 33.6 Å². The fourth-order valence-electron chi connectivity index (χ4n) is 2.28.